The van der Waals surface area contributed by atoms with Crippen molar-refractivity contribution >= 4 is 18.3 Å². The number of hydrogen-bond acceptors (Lipinski definition) is 4. The number of benzene rings is 1. The van der Waals surface area contributed by atoms with Gasteiger partial charge < -0.3 is 20.1 Å². The molecule has 2 aliphatic heterocycles. The molecule has 1 amide bonds. The van der Waals surface area contributed by atoms with Crippen LogP contribution in [0.25, 0.3) is 0 Å². The van der Waals surface area contributed by atoms with E-state index in [2.05, 4.69) is 29.7 Å². The zero-order valence-corrected chi connectivity index (χ0v) is 15.9. The molecule has 1 aromatic carbocycles. The predicted octanol–water partition coefficient (Wildman–Crippen LogP) is 2.30. The number of halogens is 1. The van der Waals surface area contributed by atoms with Gasteiger partial charge in [-0.25, -0.2) is 0 Å². The normalized spacial score (nSPS) is 21.1. The first-order chi connectivity index (χ1) is 11.6. The highest BCUT2D eigenvalue weighted by molar-refractivity contribution is 5.85. The van der Waals surface area contributed by atoms with E-state index in [0.29, 0.717) is 25.0 Å². The zero-order chi connectivity index (χ0) is 16.9. The molecule has 0 spiro atoms. The van der Waals surface area contributed by atoms with Crippen LogP contribution in [-0.2, 0) is 16.1 Å². The van der Waals surface area contributed by atoms with Gasteiger partial charge in [0, 0.05) is 30.6 Å². The molecule has 0 radical (unpaired) electrons. The number of amides is 1. The second-order valence-electron chi connectivity index (χ2n) is 7.08. The van der Waals surface area contributed by atoms with E-state index in [1.54, 1.807) is 0 Å². The summed E-state index contributed by atoms with van der Waals surface area (Å²) in [6.07, 6.45) is 1.06. The van der Waals surface area contributed by atoms with Gasteiger partial charge in [0.25, 0.3) is 0 Å². The molecule has 2 heterocycles. The summed E-state index contributed by atoms with van der Waals surface area (Å²) >= 11 is 0. The lowest BCUT2D eigenvalue weighted by Gasteiger charge is -2.31. The van der Waals surface area contributed by atoms with Gasteiger partial charge in [-0.1, -0.05) is 19.1 Å². The summed E-state index contributed by atoms with van der Waals surface area (Å²) in [5.74, 6) is 1.98. The molecule has 0 bridgehead atoms. The van der Waals surface area contributed by atoms with E-state index in [-0.39, 0.29) is 24.2 Å². The Hall–Kier alpha value is -1.30. The van der Waals surface area contributed by atoms with Crippen LogP contribution in [0.4, 0.5) is 0 Å². The Kier molecular flexibility index (Phi) is 7.54. The number of nitrogens with one attached hydrogen (secondary N) is 2. The van der Waals surface area contributed by atoms with E-state index in [4.69, 9.17) is 9.47 Å². The van der Waals surface area contributed by atoms with Crippen molar-refractivity contribution in [1.82, 2.24) is 10.6 Å². The number of hydrogen-bond donors (Lipinski definition) is 2. The Morgan fingerprint density at radius 1 is 1.44 bits per heavy atom. The van der Waals surface area contributed by atoms with Gasteiger partial charge in [-0.15, -0.1) is 12.4 Å². The maximum absolute atomic E-state index is 12.3. The fourth-order valence-electron chi connectivity index (χ4n) is 3.09. The largest absolute Gasteiger partial charge is 0.493 e. The molecule has 25 heavy (non-hydrogen) atoms. The molecule has 2 saturated heterocycles. The maximum Gasteiger partial charge on any atom is 0.223 e. The quantitative estimate of drug-likeness (QED) is 0.775. The van der Waals surface area contributed by atoms with Crippen molar-refractivity contribution in [3.63, 3.8) is 0 Å². The van der Waals surface area contributed by atoms with Crippen LogP contribution in [0.3, 0.4) is 0 Å². The Balaban J connectivity index is 0.00000225. The van der Waals surface area contributed by atoms with Gasteiger partial charge in [0.2, 0.25) is 5.91 Å². The molecule has 1 aromatic rings. The molecule has 140 valence electrons. The smallest absolute Gasteiger partial charge is 0.223 e. The molecule has 6 heteroatoms. The second kappa shape index (κ2) is 9.41. The Morgan fingerprint density at radius 2 is 2.24 bits per heavy atom. The minimum Gasteiger partial charge on any atom is -0.493 e. The fourth-order valence-corrected chi connectivity index (χ4v) is 3.09. The third-order valence-electron chi connectivity index (χ3n) is 5.11. The van der Waals surface area contributed by atoms with Crippen LogP contribution in [-0.4, -0.2) is 38.8 Å². The molecule has 0 saturated carbocycles. The summed E-state index contributed by atoms with van der Waals surface area (Å²) in [6.45, 7) is 8.75. The second-order valence-corrected chi connectivity index (χ2v) is 7.08. The molecule has 2 atom stereocenters. The van der Waals surface area contributed by atoms with Crippen LogP contribution in [0.15, 0.2) is 18.2 Å². The van der Waals surface area contributed by atoms with Gasteiger partial charge in [0.15, 0.2) is 0 Å². The summed E-state index contributed by atoms with van der Waals surface area (Å²) in [4.78, 5) is 12.3. The summed E-state index contributed by atoms with van der Waals surface area (Å²) in [5.41, 5.74) is 2.20. The first-order valence-corrected chi connectivity index (χ1v) is 8.92. The Morgan fingerprint density at radius 3 is 2.88 bits per heavy atom. The lowest BCUT2D eigenvalue weighted by Crippen LogP contribution is -2.49. The minimum absolute atomic E-state index is 0. The van der Waals surface area contributed by atoms with E-state index in [1.807, 2.05) is 13.0 Å². The average molecular weight is 369 g/mol. The van der Waals surface area contributed by atoms with Crippen molar-refractivity contribution in [1.29, 1.82) is 0 Å². The number of carbonyl (C=O) groups is 1. The first kappa shape index (κ1) is 20.0. The lowest BCUT2D eigenvalue weighted by molar-refractivity contribution is -0.126. The predicted molar refractivity (Wildman–Crippen MR) is 100 cm³/mol. The van der Waals surface area contributed by atoms with Crippen LogP contribution < -0.4 is 15.4 Å². The summed E-state index contributed by atoms with van der Waals surface area (Å²) < 4.78 is 11.4. The standard InChI is InChI=1S/C19H28N2O3.ClH/c1-13-3-4-16(10-21-19(22)14(2)17-8-20-9-17)18(7-13)24-12-15-5-6-23-11-15;/h3-4,7,14-15,17,20H,5-6,8-12H2,1-2H3,(H,21,22);1H. The fraction of sp³-hybridized carbons (Fsp3) is 0.632. The van der Waals surface area contributed by atoms with E-state index in [0.717, 1.165) is 49.6 Å². The van der Waals surface area contributed by atoms with Gasteiger partial charge in [-0.3, -0.25) is 4.79 Å². The van der Waals surface area contributed by atoms with Gasteiger partial charge in [-0.05, 0) is 44.0 Å². The Labute approximate surface area is 156 Å². The first-order valence-electron chi connectivity index (χ1n) is 8.92. The van der Waals surface area contributed by atoms with Crippen LogP contribution in [0.1, 0.15) is 24.5 Å². The van der Waals surface area contributed by atoms with Crippen molar-refractivity contribution in [3.05, 3.63) is 29.3 Å². The molecular weight excluding hydrogens is 340 g/mol. The topological polar surface area (TPSA) is 59.6 Å². The zero-order valence-electron chi connectivity index (χ0n) is 15.0. The van der Waals surface area contributed by atoms with Gasteiger partial charge in [0.05, 0.1) is 13.2 Å². The highest BCUT2D eigenvalue weighted by Crippen LogP contribution is 2.23. The molecule has 0 aromatic heterocycles. The number of rotatable bonds is 7. The number of carbonyl (C=O) groups excluding carboxylic acids is 1. The Bertz CT molecular complexity index is 572. The van der Waals surface area contributed by atoms with Gasteiger partial charge in [-0.2, -0.15) is 0 Å². The maximum atomic E-state index is 12.3. The summed E-state index contributed by atoms with van der Waals surface area (Å²) in [6, 6.07) is 6.16. The monoisotopic (exact) mass is 368 g/mol. The van der Waals surface area contributed by atoms with Crippen LogP contribution in [0.2, 0.25) is 0 Å². The molecule has 2 unspecified atom stereocenters. The molecule has 2 aliphatic rings. The minimum atomic E-state index is 0. The van der Waals surface area contributed by atoms with Gasteiger partial charge in [0.1, 0.15) is 5.75 Å². The number of aryl methyl sites for hydroxylation is 1. The molecule has 5 nitrogen and oxygen atoms in total. The highest BCUT2D eigenvalue weighted by Gasteiger charge is 2.28. The van der Waals surface area contributed by atoms with E-state index in [1.165, 1.54) is 0 Å². The van der Waals surface area contributed by atoms with Gasteiger partial charge >= 0.3 is 0 Å². The van der Waals surface area contributed by atoms with E-state index < -0.39 is 0 Å². The molecule has 2 N–H and O–H groups in total. The van der Waals surface area contributed by atoms with Crippen molar-refractivity contribution in [2.45, 2.75) is 26.8 Å². The van der Waals surface area contributed by atoms with E-state index >= 15 is 0 Å². The molecule has 2 fully saturated rings. The highest BCUT2D eigenvalue weighted by atomic mass is 35.5. The van der Waals surface area contributed by atoms with Crippen molar-refractivity contribution < 1.29 is 14.3 Å². The van der Waals surface area contributed by atoms with Crippen molar-refractivity contribution in [2.24, 2.45) is 17.8 Å². The molecular formula is C19H29ClN2O3. The summed E-state index contributed by atoms with van der Waals surface area (Å²) in [5, 5.41) is 6.28. The van der Waals surface area contributed by atoms with Crippen LogP contribution >= 0.6 is 12.4 Å². The van der Waals surface area contributed by atoms with E-state index in [9.17, 15) is 4.79 Å². The van der Waals surface area contributed by atoms with Crippen LogP contribution in [0, 0.1) is 24.7 Å². The third-order valence-corrected chi connectivity index (χ3v) is 5.11. The summed E-state index contributed by atoms with van der Waals surface area (Å²) in [7, 11) is 0. The average Bonchev–Trinajstić information content (AvgIpc) is 3.03. The SMILES string of the molecule is Cc1ccc(CNC(=O)C(C)C2CNC2)c(OCC2CCOC2)c1.Cl. The third kappa shape index (κ3) is 5.33. The van der Waals surface area contributed by atoms with Crippen LogP contribution in [0.5, 0.6) is 5.75 Å². The number of ether oxygens (including phenoxy) is 2. The molecule has 0 aliphatic carbocycles. The molecule has 3 rings (SSSR count). The van der Waals surface area contributed by atoms with Crippen molar-refractivity contribution in [3.8, 4) is 5.75 Å². The lowest BCUT2D eigenvalue weighted by atomic mass is 9.88. The van der Waals surface area contributed by atoms with Crippen molar-refractivity contribution in [2.75, 3.05) is 32.9 Å².